The van der Waals surface area contributed by atoms with Crippen molar-refractivity contribution >= 4 is 34.8 Å². The quantitative estimate of drug-likeness (QED) is 0.169. The molecule has 1 fully saturated rings. The van der Waals surface area contributed by atoms with Crippen LogP contribution in [0, 0.1) is 0 Å². The Morgan fingerprint density at radius 3 is 1.95 bits per heavy atom. The summed E-state index contributed by atoms with van der Waals surface area (Å²) in [5.74, 6) is -1.82. The van der Waals surface area contributed by atoms with Gasteiger partial charge in [0.1, 0.15) is 6.10 Å². The lowest BCUT2D eigenvalue weighted by atomic mass is 10.1. The van der Waals surface area contributed by atoms with Gasteiger partial charge in [-0.2, -0.15) is 0 Å². The molecule has 1 unspecified atom stereocenters. The summed E-state index contributed by atoms with van der Waals surface area (Å²) in [5.41, 5.74) is -1.55. The molecule has 5 atom stereocenters. The minimum absolute atomic E-state index is 0.0827. The second kappa shape index (κ2) is 12.5. The highest BCUT2D eigenvalue weighted by atomic mass is 31.3. The first kappa shape index (κ1) is 30.3. The van der Waals surface area contributed by atoms with Crippen molar-refractivity contribution in [3.8, 4) is 0 Å². The Morgan fingerprint density at radius 2 is 1.44 bits per heavy atom. The molecule has 3 aromatic rings. The van der Waals surface area contributed by atoms with E-state index in [4.69, 9.17) is 36.1 Å². The summed E-state index contributed by atoms with van der Waals surface area (Å²) in [6.45, 7) is -0.880. The lowest BCUT2D eigenvalue weighted by Crippen LogP contribution is -2.42. The van der Waals surface area contributed by atoms with Gasteiger partial charge < -0.3 is 28.5 Å². The van der Waals surface area contributed by atoms with Crippen molar-refractivity contribution in [2.45, 2.75) is 24.5 Å². The minimum atomic E-state index is -5.35. The summed E-state index contributed by atoms with van der Waals surface area (Å²) in [4.78, 5) is 70.3. The monoisotopic (exact) mass is 606 g/mol. The third-order valence-electron chi connectivity index (χ3n) is 5.55. The van der Waals surface area contributed by atoms with E-state index in [9.17, 15) is 28.3 Å². The topological polar surface area (TPSA) is 210 Å². The fourth-order valence-corrected chi connectivity index (χ4v) is 5.57. The summed E-state index contributed by atoms with van der Waals surface area (Å²) in [7, 11) is -4.97. The van der Waals surface area contributed by atoms with Crippen LogP contribution in [-0.4, -0.2) is 63.8 Å². The Balaban J connectivity index is 1.72. The lowest BCUT2D eigenvalue weighted by Gasteiger charge is -2.25. The Labute approximate surface area is 232 Å². The standard InChI is InChI=1S/C23H21BN2O13P2/c24-40(31,39-41(32,33)34)35-13-16-18(37-21(28)14-7-3-1-4-8-14)19(38-22(29)15-9-5-2-6-10-15)20(36-16)26-12-11-17(27)25-23(26)30/h1-12,16,18-20H,13H2,(H,25,27,30)(H2,32,33,34)/t16-,18-,19-,20-,40?/m1/s1. The molecule has 0 bridgehead atoms. The van der Waals surface area contributed by atoms with Crippen molar-refractivity contribution in [3.63, 3.8) is 0 Å². The predicted molar refractivity (Wildman–Crippen MR) is 139 cm³/mol. The number of phosphoric acid groups is 1. The second-order valence-electron chi connectivity index (χ2n) is 8.46. The van der Waals surface area contributed by atoms with Crippen molar-refractivity contribution in [2.24, 2.45) is 0 Å². The van der Waals surface area contributed by atoms with Crippen LogP contribution in [-0.2, 0) is 32.2 Å². The molecular weight excluding hydrogens is 585 g/mol. The largest absolute Gasteiger partial charge is 0.476 e. The molecule has 214 valence electrons. The van der Waals surface area contributed by atoms with E-state index in [1.165, 1.54) is 24.3 Å². The van der Waals surface area contributed by atoms with Crippen LogP contribution in [0.4, 0.5) is 0 Å². The molecule has 1 aromatic heterocycles. The highest BCUT2D eigenvalue weighted by Crippen LogP contribution is 2.57. The highest BCUT2D eigenvalue weighted by Gasteiger charge is 2.51. The smallest absolute Gasteiger partial charge is 0.452 e. The van der Waals surface area contributed by atoms with Crippen LogP contribution in [0.3, 0.4) is 0 Å². The van der Waals surface area contributed by atoms with Crippen LogP contribution in [0.5, 0.6) is 0 Å². The van der Waals surface area contributed by atoms with Gasteiger partial charge in [0.05, 0.1) is 17.7 Å². The molecule has 0 spiro atoms. The third-order valence-corrected chi connectivity index (χ3v) is 7.83. The van der Waals surface area contributed by atoms with Gasteiger partial charge >= 0.3 is 25.5 Å². The number of carbonyl (C=O) groups excluding carboxylic acids is 2. The van der Waals surface area contributed by atoms with E-state index in [-0.39, 0.29) is 11.1 Å². The Bertz CT molecular complexity index is 1610. The fraction of sp³-hybridized carbons (Fsp3) is 0.217. The maximum absolute atomic E-state index is 13.0. The maximum atomic E-state index is 13.0. The van der Waals surface area contributed by atoms with Crippen LogP contribution in [0.1, 0.15) is 26.9 Å². The predicted octanol–water partition coefficient (Wildman–Crippen LogP) is 1.29. The van der Waals surface area contributed by atoms with Crippen molar-refractivity contribution < 1.29 is 51.6 Å². The number of hydrogen-bond acceptors (Lipinski definition) is 11. The zero-order valence-corrected chi connectivity index (χ0v) is 22.5. The van der Waals surface area contributed by atoms with Gasteiger partial charge in [-0.25, -0.2) is 23.3 Å². The zero-order valence-electron chi connectivity index (χ0n) is 20.7. The van der Waals surface area contributed by atoms with Crippen LogP contribution in [0.15, 0.2) is 82.5 Å². The summed E-state index contributed by atoms with van der Waals surface area (Å²) >= 11 is 0. The molecule has 41 heavy (non-hydrogen) atoms. The molecule has 2 heterocycles. The van der Waals surface area contributed by atoms with Gasteiger partial charge in [-0.15, -0.1) is 0 Å². The van der Waals surface area contributed by atoms with Crippen molar-refractivity contribution in [3.05, 3.63) is 105 Å². The molecule has 4 rings (SSSR count). The number of hydrogen-bond donors (Lipinski definition) is 3. The zero-order chi connectivity index (χ0) is 29.8. The van der Waals surface area contributed by atoms with Crippen LogP contribution < -0.4 is 11.2 Å². The fourth-order valence-electron chi connectivity index (χ4n) is 3.84. The number of nitrogens with one attached hydrogen (secondary N) is 1. The number of carbonyl (C=O) groups is 2. The average molecular weight is 606 g/mol. The summed E-state index contributed by atoms with van der Waals surface area (Å²) in [6, 6.07) is 16.3. The molecule has 1 saturated heterocycles. The molecule has 1 aliphatic rings. The van der Waals surface area contributed by atoms with Crippen LogP contribution >= 0.6 is 15.3 Å². The Hall–Kier alpha value is -3.62. The molecule has 2 radical (unpaired) electrons. The third kappa shape index (κ3) is 7.99. The van der Waals surface area contributed by atoms with E-state index in [1.54, 1.807) is 36.4 Å². The van der Waals surface area contributed by atoms with E-state index in [0.29, 0.717) is 0 Å². The molecule has 1 aliphatic heterocycles. The Kier molecular flexibility index (Phi) is 9.25. The van der Waals surface area contributed by atoms with Gasteiger partial charge in [0.15, 0.2) is 18.4 Å². The number of rotatable bonds is 10. The number of aromatic amines is 1. The van der Waals surface area contributed by atoms with E-state index in [0.717, 1.165) is 16.8 Å². The minimum Gasteiger partial charge on any atom is -0.452 e. The molecule has 2 aromatic carbocycles. The average Bonchev–Trinajstić information content (AvgIpc) is 3.23. The van der Waals surface area contributed by atoms with Gasteiger partial charge in [-0.1, -0.05) is 36.4 Å². The van der Waals surface area contributed by atoms with Gasteiger partial charge in [-0.05, 0) is 24.3 Å². The van der Waals surface area contributed by atoms with Crippen molar-refractivity contribution in [1.82, 2.24) is 9.55 Å². The normalized spacial score (nSPS) is 22.0. The number of esters is 2. The molecule has 15 nitrogen and oxygen atoms in total. The van der Waals surface area contributed by atoms with Crippen LogP contribution in [0.2, 0.25) is 0 Å². The van der Waals surface area contributed by atoms with Gasteiger partial charge in [0, 0.05) is 12.3 Å². The summed E-state index contributed by atoms with van der Waals surface area (Å²) < 4.78 is 50.3. The van der Waals surface area contributed by atoms with E-state index < -0.39 is 69.6 Å². The van der Waals surface area contributed by atoms with Gasteiger partial charge in [0.2, 0.25) is 7.57 Å². The molecule has 0 saturated carbocycles. The second-order valence-corrected chi connectivity index (χ2v) is 11.4. The number of benzene rings is 2. The first-order valence-electron chi connectivity index (χ1n) is 11.6. The van der Waals surface area contributed by atoms with Crippen LogP contribution in [0.25, 0.3) is 0 Å². The summed E-state index contributed by atoms with van der Waals surface area (Å²) in [5, 5.41) is 0. The Morgan fingerprint density at radius 1 is 0.902 bits per heavy atom. The molecular formula is C23H21BN2O13P2. The number of aromatic nitrogens is 2. The highest BCUT2D eigenvalue weighted by molar-refractivity contribution is 7.83. The molecule has 3 N–H and O–H groups in total. The summed E-state index contributed by atoms with van der Waals surface area (Å²) in [6.07, 6.45) is -5.16. The number of H-pyrrole nitrogens is 1. The van der Waals surface area contributed by atoms with E-state index in [1.807, 2.05) is 4.98 Å². The first-order valence-corrected chi connectivity index (χ1v) is 14.8. The van der Waals surface area contributed by atoms with Gasteiger partial charge in [0.25, 0.3) is 13.0 Å². The first-order chi connectivity index (χ1) is 19.3. The SMILES string of the molecule is [B]P(=O)(OC[C@H]1O[C@@H](n2ccc(=O)[nH]c2=O)[C@H](OC(=O)c2ccccc2)[C@@H]1OC(=O)c1ccccc1)OP(=O)(O)O. The molecule has 0 amide bonds. The molecule has 18 heteroatoms. The maximum Gasteiger partial charge on any atom is 0.476 e. The lowest BCUT2D eigenvalue weighted by molar-refractivity contribution is -0.0583. The number of nitrogens with zero attached hydrogens (tertiary/aromatic N) is 1. The van der Waals surface area contributed by atoms with E-state index in [2.05, 4.69) is 4.31 Å². The van der Waals surface area contributed by atoms with Gasteiger partial charge in [-0.3, -0.25) is 18.9 Å². The van der Waals surface area contributed by atoms with Crippen molar-refractivity contribution in [2.75, 3.05) is 6.61 Å². The molecule has 0 aliphatic carbocycles. The van der Waals surface area contributed by atoms with Crippen molar-refractivity contribution in [1.29, 1.82) is 0 Å². The number of ether oxygens (including phenoxy) is 3. The van der Waals surface area contributed by atoms with E-state index >= 15 is 0 Å².